The fourth-order valence-electron chi connectivity index (χ4n) is 1.40. The van der Waals surface area contributed by atoms with Crippen LogP contribution in [0.4, 0.5) is 4.79 Å². The van der Waals surface area contributed by atoms with E-state index in [1.54, 1.807) is 6.07 Å². The SMILES string of the molecule is NC(=O)NN=Cc1cc(-c2ccccc2)sc1O. The summed E-state index contributed by atoms with van der Waals surface area (Å²) in [5, 5.41) is 13.5. The van der Waals surface area contributed by atoms with Crippen LogP contribution in [-0.2, 0) is 0 Å². The van der Waals surface area contributed by atoms with Gasteiger partial charge in [-0.05, 0) is 11.6 Å². The summed E-state index contributed by atoms with van der Waals surface area (Å²) in [7, 11) is 0. The number of nitrogens with zero attached hydrogens (tertiary/aromatic N) is 1. The van der Waals surface area contributed by atoms with Gasteiger partial charge in [-0.15, -0.1) is 0 Å². The lowest BCUT2D eigenvalue weighted by Crippen LogP contribution is -2.24. The first-order valence-electron chi connectivity index (χ1n) is 5.13. The molecular formula is C12H11N3O2S. The molecule has 0 spiro atoms. The van der Waals surface area contributed by atoms with Gasteiger partial charge in [0.1, 0.15) is 0 Å². The quantitative estimate of drug-likeness (QED) is 0.583. The number of hydrazone groups is 1. The highest BCUT2D eigenvalue weighted by Gasteiger charge is 2.07. The third-order valence-corrected chi connectivity index (χ3v) is 3.18. The van der Waals surface area contributed by atoms with E-state index in [1.165, 1.54) is 17.6 Å². The largest absolute Gasteiger partial charge is 0.499 e. The molecule has 1 heterocycles. The Hall–Kier alpha value is -2.34. The van der Waals surface area contributed by atoms with E-state index in [9.17, 15) is 9.90 Å². The number of amides is 2. The number of carbonyl (C=O) groups is 1. The Morgan fingerprint density at radius 2 is 2.11 bits per heavy atom. The third-order valence-electron chi connectivity index (χ3n) is 2.18. The van der Waals surface area contributed by atoms with E-state index < -0.39 is 6.03 Å². The molecule has 0 saturated heterocycles. The van der Waals surface area contributed by atoms with Gasteiger partial charge in [-0.25, -0.2) is 10.2 Å². The Morgan fingerprint density at radius 1 is 1.39 bits per heavy atom. The summed E-state index contributed by atoms with van der Waals surface area (Å²) < 4.78 is 0. The molecule has 0 bridgehead atoms. The molecular weight excluding hydrogens is 250 g/mol. The lowest BCUT2D eigenvalue weighted by molar-refractivity contribution is 0.249. The van der Waals surface area contributed by atoms with Gasteiger partial charge in [0.2, 0.25) is 0 Å². The smallest absolute Gasteiger partial charge is 0.332 e. The van der Waals surface area contributed by atoms with E-state index in [-0.39, 0.29) is 5.06 Å². The van der Waals surface area contributed by atoms with Crippen molar-refractivity contribution in [1.29, 1.82) is 0 Å². The third kappa shape index (κ3) is 2.86. The number of carbonyl (C=O) groups excluding carboxylic acids is 1. The van der Waals surface area contributed by atoms with Gasteiger partial charge in [0.15, 0.2) is 5.06 Å². The number of hydrogen-bond acceptors (Lipinski definition) is 4. The number of rotatable bonds is 3. The minimum Gasteiger partial charge on any atom is -0.499 e. The van der Waals surface area contributed by atoms with E-state index in [0.717, 1.165) is 10.4 Å². The maximum absolute atomic E-state index is 10.4. The first-order valence-corrected chi connectivity index (χ1v) is 5.95. The van der Waals surface area contributed by atoms with Gasteiger partial charge in [-0.2, -0.15) is 5.10 Å². The van der Waals surface area contributed by atoms with Gasteiger partial charge < -0.3 is 10.8 Å². The molecule has 4 N–H and O–H groups in total. The number of hydrogen-bond donors (Lipinski definition) is 3. The second-order valence-electron chi connectivity index (χ2n) is 3.47. The lowest BCUT2D eigenvalue weighted by atomic mass is 10.2. The zero-order valence-electron chi connectivity index (χ0n) is 9.33. The van der Waals surface area contributed by atoms with Gasteiger partial charge in [0.25, 0.3) is 0 Å². The predicted octanol–water partition coefficient (Wildman–Crippen LogP) is 2.12. The van der Waals surface area contributed by atoms with Crippen LogP contribution in [0.3, 0.4) is 0 Å². The van der Waals surface area contributed by atoms with Gasteiger partial charge in [-0.3, -0.25) is 0 Å². The zero-order valence-corrected chi connectivity index (χ0v) is 10.1. The first-order chi connectivity index (χ1) is 8.66. The first kappa shape index (κ1) is 12.1. The molecule has 0 saturated carbocycles. The second-order valence-corrected chi connectivity index (χ2v) is 4.50. The van der Waals surface area contributed by atoms with Crippen molar-refractivity contribution in [3.05, 3.63) is 42.0 Å². The molecule has 5 nitrogen and oxygen atoms in total. The molecule has 0 unspecified atom stereocenters. The lowest BCUT2D eigenvalue weighted by Gasteiger charge is -1.93. The molecule has 2 rings (SSSR count). The second kappa shape index (κ2) is 5.33. The molecule has 0 radical (unpaired) electrons. The topological polar surface area (TPSA) is 87.7 Å². The van der Waals surface area contributed by atoms with E-state index in [1.807, 2.05) is 30.3 Å². The number of aromatic hydroxyl groups is 1. The van der Waals surface area contributed by atoms with Gasteiger partial charge in [0, 0.05) is 10.4 Å². The zero-order chi connectivity index (χ0) is 13.0. The molecule has 0 aliphatic rings. The van der Waals surface area contributed by atoms with Crippen LogP contribution in [-0.4, -0.2) is 17.4 Å². The van der Waals surface area contributed by atoms with E-state index in [0.29, 0.717) is 5.56 Å². The molecule has 1 aromatic carbocycles. The molecule has 6 heteroatoms. The van der Waals surface area contributed by atoms with Crippen LogP contribution in [0, 0.1) is 0 Å². The van der Waals surface area contributed by atoms with Crippen LogP contribution in [0.1, 0.15) is 5.56 Å². The van der Waals surface area contributed by atoms with E-state index >= 15 is 0 Å². The highest BCUT2D eigenvalue weighted by Crippen LogP contribution is 2.35. The fraction of sp³-hybridized carbons (Fsp3) is 0. The number of thiophene rings is 1. The maximum atomic E-state index is 10.4. The minimum absolute atomic E-state index is 0.142. The van der Waals surface area contributed by atoms with Gasteiger partial charge in [-0.1, -0.05) is 41.7 Å². The van der Waals surface area contributed by atoms with Gasteiger partial charge in [0.05, 0.1) is 6.21 Å². The number of nitrogens with one attached hydrogen (secondary N) is 1. The predicted molar refractivity (Wildman–Crippen MR) is 71.7 cm³/mol. The van der Waals surface area contributed by atoms with Crippen molar-refractivity contribution < 1.29 is 9.90 Å². The summed E-state index contributed by atoms with van der Waals surface area (Å²) in [4.78, 5) is 11.4. The summed E-state index contributed by atoms with van der Waals surface area (Å²) in [6.07, 6.45) is 1.35. The molecule has 92 valence electrons. The van der Waals surface area contributed by atoms with Crippen LogP contribution in [0.5, 0.6) is 5.06 Å². The van der Waals surface area contributed by atoms with Crippen molar-refractivity contribution in [3.63, 3.8) is 0 Å². The molecule has 2 aromatic rings. The maximum Gasteiger partial charge on any atom is 0.332 e. The summed E-state index contributed by atoms with van der Waals surface area (Å²) in [5.41, 5.74) is 8.49. The Morgan fingerprint density at radius 3 is 2.78 bits per heavy atom. The van der Waals surface area contributed by atoms with Crippen molar-refractivity contribution in [3.8, 4) is 15.5 Å². The van der Waals surface area contributed by atoms with Crippen molar-refractivity contribution >= 4 is 23.6 Å². The normalized spacial score (nSPS) is 10.7. The van der Waals surface area contributed by atoms with Crippen LogP contribution < -0.4 is 11.2 Å². The number of benzene rings is 1. The van der Waals surface area contributed by atoms with Crippen molar-refractivity contribution in [1.82, 2.24) is 5.43 Å². The Kier molecular flexibility index (Phi) is 3.59. The fourth-order valence-corrected chi connectivity index (χ4v) is 2.28. The molecule has 18 heavy (non-hydrogen) atoms. The molecule has 0 atom stereocenters. The van der Waals surface area contributed by atoms with Crippen LogP contribution in [0.2, 0.25) is 0 Å². The molecule has 0 fully saturated rings. The average molecular weight is 261 g/mol. The monoisotopic (exact) mass is 261 g/mol. The van der Waals surface area contributed by atoms with Crippen LogP contribution in [0.25, 0.3) is 10.4 Å². The van der Waals surface area contributed by atoms with Crippen LogP contribution in [0.15, 0.2) is 41.5 Å². The Balaban J connectivity index is 2.22. The number of primary amides is 1. The van der Waals surface area contributed by atoms with Gasteiger partial charge >= 0.3 is 6.03 Å². The molecule has 1 aromatic heterocycles. The highest BCUT2D eigenvalue weighted by atomic mass is 32.1. The summed E-state index contributed by atoms with van der Waals surface area (Å²) in [6, 6.07) is 10.7. The Bertz CT molecular complexity index is 578. The highest BCUT2D eigenvalue weighted by molar-refractivity contribution is 7.17. The summed E-state index contributed by atoms with van der Waals surface area (Å²) in [6.45, 7) is 0. The molecule has 0 aliphatic carbocycles. The number of urea groups is 1. The average Bonchev–Trinajstić information content (AvgIpc) is 2.72. The minimum atomic E-state index is -0.746. The van der Waals surface area contributed by atoms with E-state index in [2.05, 4.69) is 10.5 Å². The summed E-state index contributed by atoms with van der Waals surface area (Å²) >= 11 is 1.25. The Labute approximate surface area is 108 Å². The standard InChI is InChI=1S/C12H11N3O2S/c13-12(17)15-14-7-9-6-10(18-11(9)16)8-4-2-1-3-5-8/h1-7,16H,(H3,13,15,17). The molecule has 2 amide bonds. The molecule has 0 aliphatic heterocycles. The van der Waals surface area contributed by atoms with Crippen molar-refractivity contribution in [2.45, 2.75) is 0 Å². The van der Waals surface area contributed by atoms with Crippen molar-refractivity contribution in [2.24, 2.45) is 10.8 Å². The van der Waals surface area contributed by atoms with Crippen molar-refractivity contribution in [2.75, 3.05) is 0 Å². The summed E-state index contributed by atoms with van der Waals surface area (Å²) in [5.74, 6) is 0. The number of nitrogens with two attached hydrogens (primary N) is 1. The van der Waals surface area contributed by atoms with E-state index in [4.69, 9.17) is 5.73 Å². The van der Waals surface area contributed by atoms with Crippen LogP contribution >= 0.6 is 11.3 Å².